The zero-order valence-electron chi connectivity index (χ0n) is 7.15. The van der Waals surface area contributed by atoms with E-state index in [9.17, 15) is 0 Å². The maximum atomic E-state index is 8.25. The predicted molar refractivity (Wildman–Crippen MR) is 47.9 cm³/mol. The minimum Gasteiger partial charge on any atom is -0.361 e. The number of tetrazole rings is 1. The number of hydrogen-bond donors (Lipinski definition) is 0. The summed E-state index contributed by atoms with van der Waals surface area (Å²) in [5.41, 5.74) is 9.06. The number of nitrogens with zero attached hydrogens (tertiary/aromatic N) is 6. The molecule has 68 valence electrons. The summed E-state index contributed by atoms with van der Waals surface area (Å²) >= 11 is 0. The summed E-state index contributed by atoms with van der Waals surface area (Å²) < 4.78 is 0. The van der Waals surface area contributed by atoms with Gasteiger partial charge in [-0.05, 0) is 17.3 Å². The molecule has 2 aromatic rings. The third kappa shape index (κ3) is 1.55. The molecule has 0 aliphatic carbocycles. The molecule has 0 N–H and O–H groups in total. The van der Waals surface area contributed by atoms with Crippen molar-refractivity contribution < 1.29 is 4.79 Å². The smallest absolute Gasteiger partial charge is 0.328 e. The van der Waals surface area contributed by atoms with Crippen molar-refractivity contribution in [1.29, 1.82) is 0 Å². The minimum absolute atomic E-state index is 0.261. The third-order valence-corrected chi connectivity index (χ3v) is 1.59. The van der Waals surface area contributed by atoms with E-state index in [2.05, 4.69) is 20.2 Å². The Labute approximate surface area is 79.4 Å². The molecule has 0 unspecified atom stereocenters. The van der Waals surface area contributed by atoms with Gasteiger partial charge in [0.25, 0.3) is 5.82 Å². The Kier molecular flexibility index (Phi) is 2.12. The van der Waals surface area contributed by atoms with Crippen molar-refractivity contribution in [2.75, 3.05) is 0 Å². The Hall–Kier alpha value is -2.33. The van der Waals surface area contributed by atoms with Gasteiger partial charge in [-0.3, -0.25) is 0 Å². The second kappa shape index (κ2) is 3.59. The van der Waals surface area contributed by atoms with Crippen molar-refractivity contribution in [2.45, 2.75) is 0 Å². The summed E-state index contributed by atoms with van der Waals surface area (Å²) in [5, 5.41) is 11.4. The van der Waals surface area contributed by atoms with Gasteiger partial charge >= 0.3 is 6.21 Å². The Morgan fingerprint density at radius 1 is 1.29 bits per heavy atom. The van der Waals surface area contributed by atoms with Gasteiger partial charge in [-0.1, -0.05) is 18.2 Å². The van der Waals surface area contributed by atoms with Gasteiger partial charge in [0.05, 0.1) is 5.69 Å². The van der Waals surface area contributed by atoms with Crippen LogP contribution in [0.25, 0.3) is 11.2 Å². The largest absolute Gasteiger partial charge is 0.361 e. The molecule has 0 saturated heterocycles. The van der Waals surface area contributed by atoms with E-state index in [-0.39, 0.29) is 5.82 Å². The second-order valence-electron chi connectivity index (χ2n) is 2.52. The van der Waals surface area contributed by atoms with Crippen molar-refractivity contribution in [2.24, 2.45) is 0 Å². The molecule has 0 aliphatic heterocycles. The van der Waals surface area contributed by atoms with Gasteiger partial charge in [-0.25, -0.2) is 0 Å². The summed E-state index contributed by atoms with van der Waals surface area (Å²) in [7, 11) is 0. The molecule has 1 heterocycles. The molecule has 6 heteroatoms. The maximum absolute atomic E-state index is 8.25. The topological polar surface area (TPSA) is 80.0 Å². The van der Waals surface area contributed by atoms with E-state index < -0.39 is 0 Å². The van der Waals surface area contributed by atoms with Gasteiger partial charge in [0.15, 0.2) is 0 Å². The molecule has 14 heavy (non-hydrogen) atoms. The van der Waals surface area contributed by atoms with Crippen LogP contribution in [0, 0.1) is 0 Å². The highest BCUT2D eigenvalue weighted by atomic mass is 15.6. The van der Waals surface area contributed by atoms with Crippen molar-refractivity contribution in [1.82, 2.24) is 20.2 Å². The van der Waals surface area contributed by atoms with Crippen LogP contribution in [0.2, 0.25) is 0 Å². The van der Waals surface area contributed by atoms with Crippen molar-refractivity contribution in [3.8, 4) is 5.69 Å². The Bertz CT molecular complexity index is 468. The Morgan fingerprint density at radius 2 is 2.07 bits per heavy atom. The van der Waals surface area contributed by atoms with E-state index in [0.29, 0.717) is 0 Å². The lowest BCUT2D eigenvalue weighted by atomic mass is 10.3. The molecule has 0 bridgehead atoms. The monoisotopic (exact) mass is 186 g/mol. The first-order valence-corrected chi connectivity index (χ1v) is 3.93. The number of benzene rings is 1. The molecule has 2 rings (SSSR count). The summed E-state index contributed by atoms with van der Waals surface area (Å²) in [6, 6.07) is 9.34. The van der Waals surface area contributed by atoms with Crippen LogP contribution < -0.4 is 0 Å². The zero-order valence-corrected chi connectivity index (χ0v) is 7.15. The lowest BCUT2D eigenvalue weighted by Crippen LogP contribution is -1.98. The van der Waals surface area contributed by atoms with Crippen LogP contribution in [-0.4, -0.2) is 31.2 Å². The average Bonchev–Trinajstić information content (AvgIpc) is 2.68. The van der Waals surface area contributed by atoms with E-state index in [1.807, 2.05) is 30.3 Å². The molecule has 0 atom stereocenters. The van der Waals surface area contributed by atoms with Crippen LogP contribution in [0.5, 0.6) is 0 Å². The average molecular weight is 186 g/mol. The van der Waals surface area contributed by atoms with Gasteiger partial charge < -0.3 is 5.53 Å². The molecule has 0 saturated carbocycles. The Balaban J connectivity index is 2.39. The summed E-state index contributed by atoms with van der Waals surface area (Å²) in [6.45, 7) is 0. The van der Waals surface area contributed by atoms with E-state index in [1.54, 1.807) is 0 Å². The highest BCUT2D eigenvalue weighted by Crippen LogP contribution is 2.01. The maximum Gasteiger partial charge on any atom is 0.328 e. The van der Waals surface area contributed by atoms with Crippen molar-refractivity contribution in [3.63, 3.8) is 0 Å². The molecule has 1 aromatic heterocycles. The quantitative estimate of drug-likeness (QED) is 0.384. The van der Waals surface area contributed by atoms with Gasteiger partial charge in [-0.15, -0.1) is 15.0 Å². The fourth-order valence-corrected chi connectivity index (χ4v) is 0.999. The van der Waals surface area contributed by atoms with Crippen molar-refractivity contribution in [3.05, 3.63) is 41.7 Å². The third-order valence-electron chi connectivity index (χ3n) is 1.59. The molecule has 0 amide bonds. The first-order valence-electron chi connectivity index (χ1n) is 3.93. The molecule has 0 fully saturated rings. The lowest BCUT2D eigenvalue weighted by Gasteiger charge is -1.94. The number of rotatable bonds is 2. The number of para-hydroxylation sites is 1. The zero-order chi connectivity index (χ0) is 9.80. The standard InChI is InChI=1S/C8H6N6/c9-10-6-8-11-13-14(12-8)7-4-2-1-3-5-7/h1-6H. The van der Waals surface area contributed by atoms with Crippen LogP contribution in [0.4, 0.5) is 0 Å². The van der Waals surface area contributed by atoms with Crippen LogP contribution in [-0.2, 0) is 0 Å². The summed E-state index contributed by atoms with van der Waals surface area (Å²) in [4.78, 5) is 4.17. The predicted octanol–water partition coefficient (Wildman–Crippen LogP) is 0.311. The Morgan fingerprint density at radius 3 is 2.79 bits per heavy atom. The van der Waals surface area contributed by atoms with E-state index >= 15 is 0 Å². The van der Waals surface area contributed by atoms with Gasteiger partial charge in [-0.2, -0.15) is 4.79 Å². The first-order chi connectivity index (χ1) is 6.90. The molecule has 1 aromatic carbocycles. The molecule has 0 aliphatic rings. The summed E-state index contributed by atoms with van der Waals surface area (Å²) in [6.07, 6.45) is 1.12. The van der Waals surface area contributed by atoms with Crippen molar-refractivity contribution >= 4 is 6.21 Å². The van der Waals surface area contributed by atoms with Crippen LogP contribution in [0.1, 0.15) is 5.82 Å². The normalized spacial score (nSPS) is 9.43. The first kappa shape index (κ1) is 8.28. The van der Waals surface area contributed by atoms with E-state index in [0.717, 1.165) is 11.9 Å². The highest BCUT2D eigenvalue weighted by molar-refractivity contribution is 5.68. The minimum atomic E-state index is 0.261. The highest BCUT2D eigenvalue weighted by Gasteiger charge is 2.03. The molecule has 0 radical (unpaired) electrons. The van der Waals surface area contributed by atoms with E-state index in [1.165, 1.54) is 4.80 Å². The molecule has 6 nitrogen and oxygen atoms in total. The fourth-order valence-electron chi connectivity index (χ4n) is 0.999. The van der Waals surface area contributed by atoms with Gasteiger partial charge in [0.1, 0.15) is 0 Å². The molecular formula is C8H6N6. The molecular weight excluding hydrogens is 180 g/mol. The van der Waals surface area contributed by atoms with E-state index in [4.69, 9.17) is 5.53 Å². The van der Waals surface area contributed by atoms with Crippen LogP contribution >= 0.6 is 0 Å². The van der Waals surface area contributed by atoms with Crippen LogP contribution in [0.15, 0.2) is 30.3 Å². The van der Waals surface area contributed by atoms with Crippen LogP contribution in [0.3, 0.4) is 0 Å². The second-order valence-corrected chi connectivity index (χ2v) is 2.52. The SMILES string of the molecule is [N-]=[N+]=Cc1nnn(-c2ccccc2)n1. The molecule has 0 spiro atoms. The number of hydrogen-bond acceptors (Lipinski definition) is 3. The lowest BCUT2D eigenvalue weighted by molar-refractivity contribution is 0.00393. The summed E-state index contributed by atoms with van der Waals surface area (Å²) in [5.74, 6) is 0.261. The van der Waals surface area contributed by atoms with Gasteiger partial charge in [0.2, 0.25) is 0 Å². The van der Waals surface area contributed by atoms with Gasteiger partial charge in [0, 0.05) is 0 Å². The fraction of sp³-hybridized carbons (Fsp3) is 0. The number of aromatic nitrogens is 4.